The second-order valence-corrected chi connectivity index (χ2v) is 24.4. The third-order valence-corrected chi connectivity index (χ3v) is 18.7. The zero-order valence-electron chi connectivity index (χ0n) is 52.8. The van der Waals surface area contributed by atoms with E-state index in [9.17, 15) is 15.8 Å². The first-order valence-corrected chi connectivity index (χ1v) is 32.5. The molecule has 0 saturated heterocycles. The highest BCUT2D eigenvalue weighted by molar-refractivity contribution is 6.13. The van der Waals surface area contributed by atoms with E-state index in [4.69, 9.17) is 15.0 Å². The Morgan fingerprint density at radius 3 is 0.888 bits per heavy atom. The van der Waals surface area contributed by atoms with Gasteiger partial charge in [0.05, 0.1) is 57.0 Å². The molecule has 454 valence electrons. The van der Waals surface area contributed by atoms with Crippen LogP contribution in [-0.4, -0.2) is 24.1 Å². The van der Waals surface area contributed by atoms with Crippen LogP contribution in [0.1, 0.15) is 16.7 Å². The molecular formula is C90H54N8. The minimum absolute atomic E-state index is 0.381. The van der Waals surface area contributed by atoms with Crippen molar-refractivity contribution >= 4 is 43.6 Å². The first kappa shape index (κ1) is 58.0. The smallest absolute Gasteiger partial charge is 0.164 e. The van der Waals surface area contributed by atoms with Crippen LogP contribution in [0.15, 0.2) is 328 Å². The molecule has 0 bridgehead atoms. The summed E-state index contributed by atoms with van der Waals surface area (Å²) in [6, 6.07) is 120. The van der Waals surface area contributed by atoms with Crippen LogP contribution in [-0.2, 0) is 0 Å². The standard InChI is InChI=1S/C90H54N8/c91-55-58-19-17-30-68(47-58)78-53-71(97-84-43-35-64(60-21-5-1-6-22-60)49-80(84)81-50-65(36-44-85(81)97)61-23-7-2-8-24-61)39-41-76(78)89-94-88(75-34-16-15-33-74(75)73-32-14-13-29-70(73)57-93)95-90(96-89)77-42-40-72(54-79(77)69-31-18-20-59(48-69)56-92)98-86-45-37-66(62-25-9-3-10-26-62)51-82(86)83-52-67(38-46-87(83)98)63-27-11-4-12-28-63/h1-54H. The number of aromatic nitrogens is 5. The molecule has 17 aromatic rings. The van der Waals surface area contributed by atoms with Gasteiger partial charge in [0.25, 0.3) is 0 Å². The lowest BCUT2D eigenvalue weighted by Crippen LogP contribution is -2.04. The fourth-order valence-corrected chi connectivity index (χ4v) is 14.0. The minimum atomic E-state index is 0.381. The third-order valence-electron chi connectivity index (χ3n) is 18.7. The molecule has 0 fully saturated rings. The molecule has 0 aliphatic rings. The van der Waals surface area contributed by atoms with E-state index in [1.807, 2.05) is 121 Å². The second kappa shape index (κ2) is 24.6. The van der Waals surface area contributed by atoms with E-state index < -0.39 is 0 Å². The van der Waals surface area contributed by atoms with Crippen molar-refractivity contribution < 1.29 is 0 Å². The van der Waals surface area contributed by atoms with E-state index in [0.717, 1.165) is 133 Å². The summed E-state index contributed by atoms with van der Waals surface area (Å²) in [6.07, 6.45) is 0. The zero-order valence-corrected chi connectivity index (χ0v) is 52.8. The molecule has 0 aliphatic carbocycles. The minimum Gasteiger partial charge on any atom is -0.309 e. The summed E-state index contributed by atoms with van der Waals surface area (Å²) >= 11 is 0. The Labute approximate surface area is 566 Å². The molecule has 0 amide bonds. The van der Waals surface area contributed by atoms with Crippen molar-refractivity contribution in [2.75, 3.05) is 0 Å². The molecule has 0 atom stereocenters. The van der Waals surface area contributed by atoms with Crippen molar-refractivity contribution in [2.24, 2.45) is 0 Å². The fourth-order valence-electron chi connectivity index (χ4n) is 14.0. The lowest BCUT2D eigenvalue weighted by molar-refractivity contribution is 1.07. The number of benzene rings is 14. The van der Waals surface area contributed by atoms with E-state index in [0.29, 0.717) is 50.9 Å². The van der Waals surface area contributed by atoms with Crippen LogP contribution in [0.3, 0.4) is 0 Å². The van der Waals surface area contributed by atoms with Gasteiger partial charge in [-0.05, 0) is 188 Å². The quantitative estimate of drug-likeness (QED) is 0.120. The number of nitrogens with zero attached hydrogens (tertiary/aromatic N) is 8. The van der Waals surface area contributed by atoms with Crippen molar-refractivity contribution in [1.82, 2.24) is 24.1 Å². The lowest BCUT2D eigenvalue weighted by atomic mass is 9.94. The van der Waals surface area contributed by atoms with Gasteiger partial charge >= 0.3 is 0 Å². The Kier molecular flexibility index (Phi) is 14.5. The molecule has 17 rings (SSSR count). The monoisotopic (exact) mass is 1250 g/mol. The fraction of sp³-hybridized carbons (Fsp3) is 0. The molecular weight excluding hydrogens is 1190 g/mol. The molecule has 0 N–H and O–H groups in total. The number of hydrogen-bond acceptors (Lipinski definition) is 6. The SMILES string of the molecule is N#Cc1cccc(-c2cc(-n3c4ccc(-c5ccccc5)cc4c4cc(-c5ccccc5)ccc43)ccc2-c2nc(-c3ccc(-n4c5ccc(-c6ccccc6)cc5c5cc(-c6ccccc6)ccc54)cc3-c3cccc(C#N)c3)nc(-c3ccccc3-c3ccccc3C#N)n2)c1. The molecule has 8 nitrogen and oxygen atoms in total. The van der Waals surface area contributed by atoms with Gasteiger partial charge in [-0.3, -0.25) is 0 Å². The van der Waals surface area contributed by atoms with Gasteiger partial charge in [-0.15, -0.1) is 0 Å². The second-order valence-electron chi connectivity index (χ2n) is 24.4. The number of fused-ring (bicyclic) bond motifs is 6. The molecule has 0 spiro atoms. The van der Waals surface area contributed by atoms with Gasteiger partial charge in [-0.1, -0.05) is 212 Å². The average Bonchev–Trinajstić information content (AvgIpc) is 1.57. The van der Waals surface area contributed by atoms with E-state index in [-0.39, 0.29) is 0 Å². The molecule has 98 heavy (non-hydrogen) atoms. The van der Waals surface area contributed by atoms with Crippen molar-refractivity contribution in [3.05, 3.63) is 344 Å². The summed E-state index contributed by atoms with van der Waals surface area (Å²) in [5.41, 5.74) is 23.1. The van der Waals surface area contributed by atoms with Gasteiger partial charge < -0.3 is 9.13 Å². The highest BCUT2D eigenvalue weighted by Gasteiger charge is 2.25. The van der Waals surface area contributed by atoms with Gasteiger partial charge in [-0.25, -0.2) is 15.0 Å². The molecule has 0 radical (unpaired) electrons. The van der Waals surface area contributed by atoms with Crippen LogP contribution in [0, 0.1) is 34.0 Å². The predicted molar refractivity (Wildman–Crippen MR) is 397 cm³/mol. The molecule has 0 saturated carbocycles. The maximum atomic E-state index is 10.6. The molecule has 3 aromatic heterocycles. The topological polar surface area (TPSA) is 120 Å². The van der Waals surface area contributed by atoms with Crippen LogP contribution >= 0.6 is 0 Å². The van der Waals surface area contributed by atoms with Crippen molar-refractivity contribution in [3.8, 4) is 142 Å². The first-order valence-electron chi connectivity index (χ1n) is 32.5. The Morgan fingerprint density at radius 1 is 0.214 bits per heavy atom. The van der Waals surface area contributed by atoms with Crippen molar-refractivity contribution in [1.29, 1.82) is 15.8 Å². The molecule has 0 aliphatic heterocycles. The summed E-state index contributed by atoms with van der Waals surface area (Å²) in [6.45, 7) is 0. The number of nitriles is 3. The summed E-state index contributed by atoms with van der Waals surface area (Å²) < 4.78 is 4.65. The van der Waals surface area contributed by atoms with Gasteiger partial charge in [0, 0.05) is 55.2 Å². The van der Waals surface area contributed by atoms with E-state index in [1.165, 1.54) is 0 Å². The summed E-state index contributed by atoms with van der Waals surface area (Å²) in [5, 5.41) is 36.1. The highest BCUT2D eigenvalue weighted by Crippen LogP contribution is 2.45. The lowest BCUT2D eigenvalue weighted by Gasteiger charge is -2.18. The maximum absolute atomic E-state index is 10.6. The van der Waals surface area contributed by atoms with E-state index in [2.05, 4.69) is 234 Å². The summed E-state index contributed by atoms with van der Waals surface area (Å²) in [4.78, 5) is 16.7. The Balaban J connectivity index is 0.911. The normalized spacial score (nSPS) is 11.2. The van der Waals surface area contributed by atoms with Crippen molar-refractivity contribution in [3.63, 3.8) is 0 Å². The van der Waals surface area contributed by atoms with Crippen LogP contribution in [0.25, 0.3) is 167 Å². The van der Waals surface area contributed by atoms with Crippen LogP contribution in [0.2, 0.25) is 0 Å². The van der Waals surface area contributed by atoms with Gasteiger partial charge in [0.15, 0.2) is 17.5 Å². The maximum Gasteiger partial charge on any atom is 0.164 e. The molecule has 0 unspecified atom stereocenters. The van der Waals surface area contributed by atoms with E-state index in [1.54, 1.807) is 0 Å². The Hall–Kier alpha value is -13.8. The highest BCUT2D eigenvalue weighted by atomic mass is 15.0. The largest absolute Gasteiger partial charge is 0.309 e. The van der Waals surface area contributed by atoms with Crippen molar-refractivity contribution in [2.45, 2.75) is 0 Å². The molecule has 3 heterocycles. The summed E-state index contributed by atoms with van der Waals surface area (Å²) in [7, 11) is 0. The third kappa shape index (κ3) is 10.4. The van der Waals surface area contributed by atoms with Gasteiger partial charge in [0.1, 0.15) is 0 Å². The summed E-state index contributed by atoms with van der Waals surface area (Å²) in [5.74, 6) is 1.14. The average molecular weight is 1250 g/mol. The number of hydrogen-bond donors (Lipinski definition) is 0. The first-order chi connectivity index (χ1) is 48.4. The Bertz CT molecular complexity index is 5630. The molecule has 14 aromatic carbocycles. The zero-order chi connectivity index (χ0) is 65.6. The van der Waals surface area contributed by atoms with Gasteiger partial charge in [-0.2, -0.15) is 15.8 Å². The molecule has 8 heteroatoms. The number of rotatable bonds is 12. The predicted octanol–water partition coefficient (Wildman–Crippen LogP) is 22.4. The van der Waals surface area contributed by atoms with Crippen LogP contribution < -0.4 is 0 Å². The Morgan fingerprint density at radius 2 is 0.531 bits per heavy atom. The van der Waals surface area contributed by atoms with Crippen LogP contribution in [0.5, 0.6) is 0 Å². The van der Waals surface area contributed by atoms with Gasteiger partial charge in [0.2, 0.25) is 0 Å². The van der Waals surface area contributed by atoms with Crippen LogP contribution in [0.4, 0.5) is 0 Å². The van der Waals surface area contributed by atoms with E-state index >= 15 is 0 Å².